The minimum Gasteiger partial charge on any atom is -0.397 e. The molecule has 2 heterocycles. The summed E-state index contributed by atoms with van der Waals surface area (Å²) in [5.74, 6) is -0.0466. The van der Waals surface area contributed by atoms with E-state index in [4.69, 9.17) is 10.5 Å². The average Bonchev–Trinajstić information content (AvgIpc) is 2.77. The summed E-state index contributed by atoms with van der Waals surface area (Å²) in [5.41, 5.74) is 7.46. The Bertz CT molecular complexity index is 462. The second kappa shape index (κ2) is 4.94. The van der Waals surface area contributed by atoms with Gasteiger partial charge in [0.15, 0.2) is 0 Å². The summed E-state index contributed by atoms with van der Waals surface area (Å²) in [7, 11) is 1.81. The Morgan fingerprint density at radius 3 is 2.94 bits per heavy atom. The van der Waals surface area contributed by atoms with Crippen LogP contribution in [0.25, 0.3) is 0 Å². The molecule has 0 aliphatic carbocycles. The van der Waals surface area contributed by atoms with E-state index in [1.54, 1.807) is 24.2 Å². The number of hydrogen-bond donors (Lipinski definition) is 1. The summed E-state index contributed by atoms with van der Waals surface area (Å²) >= 11 is 0. The van der Waals surface area contributed by atoms with Crippen molar-refractivity contribution in [1.82, 2.24) is 9.88 Å². The first-order valence-corrected chi connectivity index (χ1v) is 6.11. The van der Waals surface area contributed by atoms with E-state index in [0.29, 0.717) is 23.6 Å². The van der Waals surface area contributed by atoms with Gasteiger partial charge in [0.25, 0.3) is 5.91 Å². The van der Waals surface area contributed by atoms with E-state index >= 15 is 0 Å². The fourth-order valence-corrected chi connectivity index (χ4v) is 2.34. The minimum atomic E-state index is -0.0466. The van der Waals surface area contributed by atoms with Crippen molar-refractivity contribution in [2.75, 3.05) is 19.4 Å². The maximum absolute atomic E-state index is 12.4. The number of nitrogens with two attached hydrogens (primary N) is 1. The van der Waals surface area contributed by atoms with E-state index in [1.807, 2.05) is 13.8 Å². The predicted octanol–water partition coefficient (Wildman–Crippen LogP) is 1.22. The van der Waals surface area contributed by atoms with Crippen LogP contribution in [0.5, 0.6) is 0 Å². The molecule has 0 radical (unpaired) electrons. The molecule has 1 aromatic rings. The van der Waals surface area contributed by atoms with Crippen molar-refractivity contribution in [2.24, 2.45) is 0 Å². The van der Waals surface area contributed by atoms with Crippen molar-refractivity contribution in [1.29, 1.82) is 0 Å². The smallest absolute Gasteiger partial charge is 0.255 e. The number of aromatic nitrogens is 1. The first-order valence-electron chi connectivity index (χ1n) is 6.11. The molecule has 1 aromatic heterocycles. The van der Waals surface area contributed by atoms with Gasteiger partial charge >= 0.3 is 0 Å². The highest BCUT2D eigenvalue weighted by Gasteiger charge is 2.31. The van der Waals surface area contributed by atoms with Gasteiger partial charge in [-0.3, -0.25) is 9.78 Å². The second-order valence-electron chi connectivity index (χ2n) is 4.75. The monoisotopic (exact) mass is 249 g/mol. The van der Waals surface area contributed by atoms with E-state index in [1.165, 1.54) is 0 Å². The molecule has 0 aromatic carbocycles. The highest BCUT2D eigenvalue weighted by Crippen LogP contribution is 2.21. The van der Waals surface area contributed by atoms with Gasteiger partial charge in [-0.15, -0.1) is 0 Å². The third kappa shape index (κ3) is 2.31. The van der Waals surface area contributed by atoms with E-state index in [2.05, 4.69) is 4.98 Å². The van der Waals surface area contributed by atoms with E-state index in [-0.39, 0.29) is 18.1 Å². The summed E-state index contributed by atoms with van der Waals surface area (Å²) in [6, 6.07) is 1.81. The van der Waals surface area contributed by atoms with Crippen LogP contribution < -0.4 is 5.73 Å². The lowest BCUT2D eigenvalue weighted by Crippen LogP contribution is -2.41. The zero-order valence-electron chi connectivity index (χ0n) is 11.0. The van der Waals surface area contributed by atoms with Gasteiger partial charge in [0.1, 0.15) is 0 Å². The first-order chi connectivity index (χ1) is 8.50. The van der Waals surface area contributed by atoms with Crippen molar-refractivity contribution >= 4 is 11.6 Å². The van der Waals surface area contributed by atoms with Crippen LogP contribution in [0.1, 0.15) is 29.4 Å². The molecule has 18 heavy (non-hydrogen) atoms. The molecule has 1 fully saturated rings. The van der Waals surface area contributed by atoms with Gasteiger partial charge < -0.3 is 15.4 Å². The lowest BCUT2D eigenvalue weighted by molar-refractivity contribution is 0.0573. The van der Waals surface area contributed by atoms with Gasteiger partial charge in [0.2, 0.25) is 0 Å². The zero-order chi connectivity index (χ0) is 13.3. The summed E-state index contributed by atoms with van der Waals surface area (Å²) in [4.78, 5) is 18.3. The molecule has 5 nitrogen and oxygen atoms in total. The summed E-state index contributed by atoms with van der Waals surface area (Å²) in [6.45, 7) is 4.51. The average molecular weight is 249 g/mol. The number of anilines is 1. The van der Waals surface area contributed by atoms with Crippen LogP contribution in [0.4, 0.5) is 5.69 Å². The number of aryl methyl sites for hydroxylation is 1. The molecule has 0 saturated carbocycles. The molecule has 1 amide bonds. The fourth-order valence-electron chi connectivity index (χ4n) is 2.34. The van der Waals surface area contributed by atoms with Crippen molar-refractivity contribution in [3.05, 3.63) is 23.5 Å². The molecule has 2 unspecified atom stereocenters. The molecule has 2 atom stereocenters. The largest absolute Gasteiger partial charge is 0.397 e. The Kier molecular flexibility index (Phi) is 3.52. The van der Waals surface area contributed by atoms with Crippen LogP contribution in [0, 0.1) is 6.92 Å². The van der Waals surface area contributed by atoms with Crippen molar-refractivity contribution in [3.8, 4) is 0 Å². The number of carbonyl (C=O) groups is 1. The number of pyridine rings is 1. The molecule has 2 N–H and O–H groups in total. The zero-order valence-corrected chi connectivity index (χ0v) is 11.0. The molecule has 0 spiro atoms. The minimum absolute atomic E-state index is 0.0466. The third-order valence-corrected chi connectivity index (χ3v) is 3.49. The van der Waals surface area contributed by atoms with Crippen molar-refractivity contribution in [2.45, 2.75) is 32.4 Å². The Labute approximate surface area is 107 Å². The number of amides is 1. The van der Waals surface area contributed by atoms with Crippen molar-refractivity contribution < 1.29 is 9.53 Å². The lowest BCUT2D eigenvalue weighted by Gasteiger charge is -2.27. The Morgan fingerprint density at radius 1 is 1.61 bits per heavy atom. The van der Waals surface area contributed by atoms with Gasteiger partial charge in [0.05, 0.1) is 35.3 Å². The van der Waals surface area contributed by atoms with Crippen molar-refractivity contribution in [3.63, 3.8) is 0 Å². The molecular formula is C13H19N3O2. The molecule has 0 bridgehead atoms. The molecule has 1 aliphatic rings. The normalized spacial score (nSPS) is 23.1. The molecule has 1 saturated heterocycles. The highest BCUT2D eigenvalue weighted by atomic mass is 16.5. The predicted molar refractivity (Wildman–Crippen MR) is 69.3 cm³/mol. The van der Waals surface area contributed by atoms with E-state index < -0.39 is 0 Å². The Hall–Kier alpha value is -1.62. The highest BCUT2D eigenvalue weighted by molar-refractivity contribution is 5.96. The number of nitrogen functional groups attached to an aromatic ring is 1. The molecule has 1 aliphatic heterocycles. The maximum Gasteiger partial charge on any atom is 0.255 e. The topological polar surface area (TPSA) is 68.5 Å². The Morgan fingerprint density at radius 2 is 2.33 bits per heavy atom. The number of nitrogens with zero attached hydrogens (tertiary/aromatic N) is 2. The van der Waals surface area contributed by atoms with Gasteiger partial charge in [-0.25, -0.2) is 0 Å². The summed E-state index contributed by atoms with van der Waals surface area (Å²) in [5, 5.41) is 0. The van der Waals surface area contributed by atoms with Crippen LogP contribution in [0.3, 0.4) is 0 Å². The number of hydrogen-bond acceptors (Lipinski definition) is 4. The van der Waals surface area contributed by atoms with Crippen LogP contribution in [0.15, 0.2) is 12.3 Å². The van der Waals surface area contributed by atoms with Crippen LogP contribution in [-0.2, 0) is 4.74 Å². The van der Waals surface area contributed by atoms with Gasteiger partial charge in [-0.2, -0.15) is 0 Å². The number of likely N-dealkylation sites (N-methyl/N-ethyl adjacent to an activating group) is 1. The summed E-state index contributed by atoms with van der Waals surface area (Å²) < 4.78 is 5.49. The lowest BCUT2D eigenvalue weighted by atomic mass is 10.1. The third-order valence-electron chi connectivity index (χ3n) is 3.49. The first kappa shape index (κ1) is 12.8. The Balaban J connectivity index is 2.22. The van der Waals surface area contributed by atoms with Gasteiger partial charge in [0, 0.05) is 13.7 Å². The van der Waals surface area contributed by atoms with E-state index in [0.717, 1.165) is 6.42 Å². The second-order valence-corrected chi connectivity index (χ2v) is 4.75. The van der Waals surface area contributed by atoms with Crippen LogP contribution >= 0.6 is 0 Å². The molecule has 98 valence electrons. The number of ether oxygens (including phenoxy) is 1. The van der Waals surface area contributed by atoms with E-state index in [9.17, 15) is 4.79 Å². The summed E-state index contributed by atoms with van der Waals surface area (Å²) in [6.07, 6.45) is 2.51. The van der Waals surface area contributed by atoms with Crippen LogP contribution in [0.2, 0.25) is 0 Å². The van der Waals surface area contributed by atoms with Crippen LogP contribution in [-0.4, -0.2) is 41.6 Å². The number of rotatable bonds is 2. The SMILES string of the molecule is Cc1ncc(N)cc1C(=O)N(C)C1CCOC1C. The van der Waals surface area contributed by atoms with Gasteiger partial charge in [-0.05, 0) is 26.3 Å². The molecular weight excluding hydrogens is 230 g/mol. The number of carbonyl (C=O) groups excluding carboxylic acids is 1. The maximum atomic E-state index is 12.4. The fraction of sp³-hybridized carbons (Fsp3) is 0.538. The quantitative estimate of drug-likeness (QED) is 0.855. The molecule has 5 heteroatoms. The van der Waals surface area contributed by atoms with Gasteiger partial charge in [-0.1, -0.05) is 0 Å². The molecule has 2 rings (SSSR count). The standard InChI is InChI=1S/C13H19N3O2/c1-8-11(6-10(14)7-15-8)13(17)16(3)12-4-5-18-9(12)2/h6-7,9,12H,4-5,14H2,1-3H3.